The van der Waals surface area contributed by atoms with Crippen molar-refractivity contribution in [2.24, 2.45) is 0 Å². The summed E-state index contributed by atoms with van der Waals surface area (Å²) in [4.78, 5) is 21.6. The third-order valence-electron chi connectivity index (χ3n) is 2.69. The molecule has 0 saturated heterocycles. The van der Waals surface area contributed by atoms with Crippen LogP contribution in [0.15, 0.2) is 30.7 Å². The van der Waals surface area contributed by atoms with Crippen molar-refractivity contribution >= 4 is 23.2 Å². The van der Waals surface area contributed by atoms with Gasteiger partial charge in [0.05, 0.1) is 29.7 Å². The number of aromatic nitrogens is 2. The number of rotatable bonds is 3. The first-order valence-corrected chi connectivity index (χ1v) is 6.11. The highest BCUT2D eigenvalue weighted by Gasteiger charge is 2.18. The van der Waals surface area contributed by atoms with Crippen molar-refractivity contribution in [1.29, 1.82) is 0 Å². The Morgan fingerprint density at radius 2 is 2.20 bits per heavy atom. The van der Waals surface area contributed by atoms with Gasteiger partial charge in [0.2, 0.25) is 0 Å². The molecule has 5 nitrogen and oxygen atoms in total. The molecule has 1 aromatic heterocycles. The van der Waals surface area contributed by atoms with Crippen LogP contribution in [0.4, 0.5) is 10.1 Å². The van der Waals surface area contributed by atoms with Gasteiger partial charge in [-0.15, -0.1) is 0 Å². The van der Waals surface area contributed by atoms with Crippen LogP contribution in [0.3, 0.4) is 0 Å². The second-order valence-corrected chi connectivity index (χ2v) is 4.64. The van der Waals surface area contributed by atoms with E-state index in [1.165, 1.54) is 23.4 Å². The van der Waals surface area contributed by atoms with Crippen LogP contribution in [-0.4, -0.2) is 27.8 Å². The summed E-state index contributed by atoms with van der Waals surface area (Å²) in [6.45, 7) is 0.236. The standard InChI is InChI=1S/C13H12ClFN4O/c1-19(7-9-6-17-2-3-18-9)13(20)10-4-8(14)5-11(15)12(10)16/h2-6H,7,16H2,1H3. The van der Waals surface area contributed by atoms with Crippen LogP contribution in [0.5, 0.6) is 0 Å². The number of halogens is 2. The summed E-state index contributed by atoms with van der Waals surface area (Å²) in [5, 5.41) is 0.118. The number of carbonyl (C=O) groups excluding carboxylic acids is 1. The molecule has 0 bridgehead atoms. The Balaban J connectivity index is 2.23. The Bertz CT molecular complexity index is 636. The molecule has 0 saturated carbocycles. The SMILES string of the molecule is CN(Cc1cnccn1)C(=O)c1cc(Cl)cc(F)c1N. The quantitative estimate of drug-likeness (QED) is 0.880. The van der Waals surface area contributed by atoms with Gasteiger partial charge in [-0.2, -0.15) is 0 Å². The lowest BCUT2D eigenvalue weighted by atomic mass is 10.1. The summed E-state index contributed by atoms with van der Waals surface area (Å²) in [7, 11) is 1.56. The molecule has 0 radical (unpaired) electrons. The maximum Gasteiger partial charge on any atom is 0.256 e. The van der Waals surface area contributed by atoms with Gasteiger partial charge in [0.1, 0.15) is 5.82 Å². The van der Waals surface area contributed by atoms with Gasteiger partial charge in [-0.25, -0.2) is 4.39 Å². The van der Waals surface area contributed by atoms with E-state index in [9.17, 15) is 9.18 Å². The predicted octanol–water partition coefficient (Wildman–Crippen LogP) is 2.12. The number of anilines is 1. The summed E-state index contributed by atoms with van der Waals surface area (Å²) in [6, 6.07) is 2.41. The average molecular weight is 295 g/mol. The van der Waals surface area contributed by atoms with E-state index in [-0.39, 0.29) is 22.8 Å². The third kappa shape index (κ3) is 3.03. The Morgan fingerprint density at radius 1 is 1.45 bits per heavy atom. The first-order valence-electron chi connectivity index (χ1n) is 5.74. The molecule has 0 aliphatic carbocycles. The van der Waals surface area contributed by atoms with Crippen molar-refractivity contribution in [2.45, 2.75) is 6.54 Å². The zero-order valence-corrected chi connectivity index (χ0v) is 11.4. The van der Waals surface area contributed by atoms with Crippen molar-refractivity contribution in [3.63, 3.8) is 0 Å². The molecule has 2 rings (SSSR count). The molecule has 2 aromatic rings. The van der Waals surface area contributed by atoms with Crippen LogP contribution in [-0.2, 0) is 6.54 Å². The third-order valence-corrected chi connectivity index (χ3v) is 2.91. The van der Waals surface area contributed by atoms with Gasteiger partial charge in [-0.05, 0) is 12.1 Å². The number of amides is 1. The summed E-state index contributed by atoms with van der Waals surface area (Å²) < 4.78 is 13.5. The Kier molecular flexibility index (Phi) is 4.14. The summed E-state index contributed by atoms with van der Waals surface area (Å²) in [5.41, 5.74) is 6.00. The first kappa shape index (κ1) is 14.2. The number of hydrogen-bond acceptors (Lipinski definition) is 4. The molecule has 1 aromatic carbocycles. The highest BCUT2D eigenvalue weighted by molar-refractivity contribution is 6.31. The molecular weight excluding hydrogens is 283 g/mol. The van der Waals surface area contributed by atoms with Gasteiger partial charge in [0.15, 0.2) is 0 Å². The molecule has 104 valence electrons. The minimum Gasteiger partial charge on any atom is -0.396 e. The average Bonchev–Trinajstić information content (AvgIpc) is 2.43. The summed E-state index contributed by atoms with van der Waals surface area (Å²) in [6.07, 6.45) is 4.61. The van der Waals surface area contributed by atoms with Crippen LogP contribution >= 0.6 is 11.6 Å². The zero-order valence-electron chi connectivity index (χ0n) is 10.7. The molecular formula is C13H12ClFN4O. The van der Waals surface area contributed by atoms with Gasteiger partial charge < -0.3 is 10.6 Å². The molecule has 7 heteroatoms. The monoisotopic (exact) mass is 294 g/mol. The van der Waals surface area contributed by atoms with Gasteiger partial charge in [-0.3, -0.25) is 14.8 Å². The van der Waals surface area contributed by atoms with Gasteiger partial charge in [0.25, 0.3) is 5.91 Å². The maximum absolute atomic E-state index is 13.5. The minimum absolute atomic E-state index is 0.0291. The molecule has 20 heavy (non-hydrogen) atoms. The molecule has 0 aliphatic rings. The van der Waals surface area contributed by atoms with Crippen molar-refractivity contribution in [3.05, 3.63) is 52.8 Å². The van der Waals surface area contributed by atoms with Gasteiger partial charge in [-0.1, -0.05) is 11.6 Å². The lowest BCUT2D eigenvalue weighted by Gasteiger charge is -2.18. The fraction of sp³-hybridized carbons (Fsp3) is 0.154. The van der Waals surface area contributed by atoms with Crippen molar-refractivity contribution in [3.8, 4) is 0 Å². The molecule has 0 aliphatic heterocycles. The normalized spacial score (nSPS) is 10.3. The van der Waals surface area contributed by atoms with E-state index in [0.717, 1.165) is 6.07 Å². The number of benzene rings is 1. The summed E-state index contributed by atoms with van der Waals surface area (Å²) in [5.74, 6) is -1.15. The van der Waals surface area contributed by atoms with Gasteiger partial charge >= 0.3 is 0 Å². The van der Waals surface area contributed by atoms with E-state index in [1.54, 1.807) is 13.2 Å². The lowest BCUT2D eigenvalue weighted by molar-refractivity contribution is 0.0784. The second kappa shape index (κ2) is 5.83. The van der Waals surface area contributed by atoms with E-state index in [0.29, 0.717) is 5.69 Å². The minimum atomic E-state index is -0.714. The van der Waals surface area contributed by atoms with Crippen molar-refractivity contribution in [2.75, 3.05) is 12.8 Å². The van der Waals surface area contributed by atoms with Crippen LogP contribution in [0.1, 0.15) is 16.1 Å². The fourth-order valence-corrected chi connectivity index (χ4v) is 1.90. The van der Waals surface area contributed by atoms with Crippen LogP contribution in [0, 0.1) is 5.82 Å². The fourth-order valence-electron chi connectivity index (χ4n) is 1.69. The summed E-state index contributed by atoms with van der Waals surface area (Å²) >= 11 is 5.74. The largest absolute Gasteiger partial charge is 0.396 e. The van der Waals surface area contributed by atoms with E-state index in [2.05, 4.69) is 9.97 Å². The Labute approximate surface area is 120 Å². The molecule has 0 fully saturated rings. The highest BCUT2D eigenvalue weighted by atomic mass is 35.5. The Hall–Kier alpha value is -2.21. The molecule has 1 amide bonds. The number of nitrogens with two attached hydrogens (primary N) is 1. The lowest BCUT2D eigenvalue weighted by Crippen LogP contribution is -2.27. The number of nitrogens with zero attached hydrogens (tertiary/aromatic N) is 3. The van der Waals surface area contributed by atoms with Gasteiger partial charge in [0, 0.05) is 24.5 Å². The zero-order chi connectivity index (χ0) is 14.7. The highest BCUT2D eigenvalue weighted by Crippen LogP contribution is 2.23. The van der Waals surface area contributed by atoms with E-state index < -0.39 is 11.7 Å². The van der Waals surface area contributed by atoms with Crippen LogP contribution < -0.4 is 5.73 Å². The Morgan fingerprint density at radius 3 is 2.85 bits per heavy atom. The van der Waals surface area contributed by atoms with Crippen LogP contribution in [0.25, 0.3) is 0 Å². The number of nitrogen functional groups attached to an aromatic ring is 1. The molecule has 0 spiro atoms. The topological polar surface area (TPSA) is 72.1 Å². The second-order valence-electron chi connectivity index (χ2n) is 4.21. The van der Waals surface area contributed by atoms with E-state index >= 15 is 0 Å². The van der Waals surface area contributed by atoms with Crippen LogP contribution in [0.2, 0.25) is 5.02 Å². The van der Waals surface area contributed by atoms with Crippen molar-refractivity contribution in [1.82, 2.24) is 14.9 Å². The van der Waals surface area contributed by atoms with E-state index in [1.807, 2.05) is 0 Å². The molecule has 1 heterocycles. The molecule has 0 unspecified atom stereocenters. The molecule has 2 N–H and O–H groups in total. The van der Waals surface area contributed by atoms with E-state index in [4.69, 9.17) is 17.3 Å². The maximum atomic E-state index is 13.5. The predicted molar refractivity (Wildman–Crippen MR) is 73.7 cm³/mol. The van der Waals surface area contributed by atoms with Crippen molar-refractivity contribution < 1.29 is 9.18 Å². The first-order chi connectivity index (χ1) is 9.49. The molecule has 0 atom stereocenters. The number of hydrogen-bond donors (Lipinski definition) is 1. The number of carbonyl (C=O) groups is 1. The smallest absolute Gasteiger partial charge is 0.256 e.